The molecule has 1 N–H and O–H groups in total. The molecule has 28 heavy (non-hydrogen) atoms. The largest absolute Gasteiger partial charge is 0.502 e. The summed E-state index contributed by atoms with van der Waals surface area (Å²) in [5.74, 6) is -6.06. The molecule has 0 saturated carbocycles. The fourth-order valence-corrected chi connectivity index (χ4v) is 1.91. The summed E-state index contributed by atoms with van der Waals surface area (Å²) in [7, 11) is 0. The summed E-state index contributed by atoms with van der Waals surface area (Å²) < 4.78 is 60.5. The van der Waals surface area contributed by atoms with Gasteiger partial charge in [0.15, 0.2) is 5.75 Å². The van der Waals surface area contributed by atoms with E-state index in [1.54, 1.807) is 0 Å². The van der Waals surface area contributed by atoms with Gasteiger partial charge < -0.3 is 14.6 Å². The number of rotatable bonds is 5. The average molecular weight is 406 g/mol. The fourth-order valence-electron chi connectivity index (χ4n) is 1.91. The number of nitrogens with zero attached hydrogens (tertiary/aromatic N) is 2. The minimum absolute atomic E-state index is 0.0454. The molecular formula is C15H10F4N2O7. The molecule has 1 aliphatic rings. The first-order chi connectivity index (χ1) is 13.1. The highest BCUT2D eigenvalue weighted by molar-refractivity contribution is 5.48. The number of nitro groups is 2. The Morgan fingerprint density at radius 1 is 1.00 bits per heavy atom. The third kappa shape index (κ3) is 5.26. The van der Waals surface area contributed by atoms with Crippen LogP contribution in [0, 0.1) is 43.5 Å². The van der Waals surface area contributed by atoms with Crippen molar-refractivity contribution in [1.82, 2.24) is 0 Å². The van der Waals surface area contributed by atoms with Gasteiger partial charge >= 0.3 is 11.4 Å². The van der Waals surface area contributed by atoms with Crippen molar-refractivity contribution in [3.8, 4) is 11.5 Å². The number of nitro benzene ring substituents is 2. The van der Waals surface area contributed by atoms with Gasteiger partial charge in [0, 0.05) is 24.3 Å². The summed E-state index contributed by atoms with van der Waals surface area (Å²) in [6, 6.07) is 2.03. The first-order valence-electron chi connectivity index (χ1n) is 7.30. The van der Waals surface area contributed by atoms with Crippen LogP contribution in [0.1, 0.15) is 0 Å². The fraction of sp³-hybridized carbons (Fsp3) is 0.200. The summed E-state index contributed by atoms with van der Waals surface area (Å²) in [6.45, 7) is 0.537. The number of ether oxygens (including phenoxy) is 2. The van der Waals surface area contributed by atoms with Crippen LogP contribution in [0.25, 0.3) is 0 Å². The summed E-state index contributed by atoms with van der Waals surface area (Å²) >= 11 is 0. The molecule has 3 rings (SSSR count). The Morgan fingerprint density at radius 3 is 1.96 bits per heavy atom. The van der Waals surface area contributed by atoms with E-state index in [0.29, 0.717) is 24.8 Å². The summed E-state index contributed by atoms with van der Waals surface area (Å²) in [5, 5.41) is 29.3. The van der Waals surface area contributed by atoms with Crippen molar-refractivity contribution in [3.05, 3.63) is 67.8 Å². The molecule has 0 aliphatic carbocycles. The smallest absolute Gasteiger partial charge is 0.346 e. The van der Waals surface area contributed by atoms with Crippen LogP contribution >= 0.6 is 0 Å². The predicted octanol–water partition coefficient (Wildman–Crippen LogP) is 3.23. The molecule has 1 saturated heterocycles. The van der Waals surface area contributed by atoms with Gasteiger partial charge in [0.05, 0.1) is 16.5 Å². The van der Waals surface area contributed by atoms with Crippen molar-refractivity contribution >= 4 is 11.4 Å². The van der Waals surface area contributed by atoms with E-state index in [2.05, 4.69) is 0 Å². The Kier molecular flexibility index (Phi) is 6.30. The summed E-state index contributed by atoms with van der Waals surface area (Å²) in [4.78, 5) is 18.5. The minimum Gasteiger partial charge on any atom is -0.502 e. The molecule has 0 amide bonds. The second-order valence-electron chi connectivity index (χ2n) is 5.27. The molecular weight excluding hydrogens is 396 g/mol. The van der Waals surface area contributed by atoms with E-state index in [4.69, 9.17) is 14.6 Å². The third-order valence-electron chi connectivity index (χ3n) is 3.19. The highest BCUT2D eigenvalue weighted by atomic mass is 19.1. The molecule has 0 aromatic heterocycles. The highest BCUT2D eigenvalue weighted by Crippen LogP contribution is 2.31. The lowest BCUT2D eigenvalue weighted by Gasteiger charge is -2.05. The number of benzene rings is 2. The Hall–Kier alpha value is -3.48. The maximum atomic E-state index is 13.1. The van der Waals surface area contributed by atoms with Crippen LogP contribution in [0.5, 0.6) is 11.5 Å². The van der Waals surface area contributed by atoms with Crippen molar-refractivity contribution in [2.24, 2.45) is 0 Å². The molecule has 0 bridgehead atoms. The van der Waals surface area contributed by atoms with Crippen molar-refractivity contribution in [1.29, 1.82) is 0 Å². The number of aromatic hydroxyl groups is 1. The number of hydrogen-bond acceptors (Lipinski definition) is 7. The highest BCUT2D eigenvalue weighted by Gasteiger charge is 2.28. The molecule has 150 valence electrons. The normalized spacial score (nSPS) is 14.6. The lowest BCUT2D eigenvalue weighted by molar-refractivity contribution is -0.388. The quantitative estimate of drug-likeness (QED) is 0.349. The van der Waals surface area contributed by atoms with Gasteiger partial charge in [-0.05, 0) is 0 Å². The van der Waals surface area contributed by atoms with Gasteiger partial charge in [-0.3, -0.25) is 20.2 Å². The molecule has 0 spiro atoms. The van der Waals surface area contributed by atoms with Crippen molar-refractivity contribution in [3.63, 3.8) is 0 Å². The topological polar surface area (TPSA) is 128 Å². The monoisotopic (exact) mass is 406 g/mol. The first-order valence-corrected chi connectivity index (χ1v) is 7.30. The second-order valence-corrected chi connectivity index (χ2v) is 5.27. The van der Waals surface area contributed by atoms with E-state index in [-0.39, 0.29) is 12.7 Å². The molecule has 1 fully saturated rings. The molecule has 1 heterocycles. The van der Waals surface area contributed by atoms with Crippen LogP contribution in [0.15, 0.2) is 24.3 Å². The van der Waals surface area contributed by atoms with Crippen molar-refractivity contribution in [2.75, 3.05) is 13.2 Å². The molecule has 1 aliphatic heterocycles. The number of phenolic OH excluding ortho intramolecular Hbond substituents is 1. The van der Waals surface area contributed by atoms with E-state index in [9.17, 15) is 37.8 Å². The molecule has 0 radical (unpaired) electrons. The van der Waals surface area contributed by atoms with Crippen LogP contribution < -0.4 is 4.74 Å². The van der Waals surface area contributed by atoms with Gasteiger partial charge in [-0.2, -0.15) is 8.78 Å². The first kappa shape index (κ1) is 20.8. The standard InChI is InChI=1S/C9H7F2NO4.C6H3F2NO3/c10-5-1-7(11)9(12(13)14)8(2-5)16-4-6-3-15-6;7-3-1-4(8)6(9(11)12)5(10)2-3/h1-2,6H,3-4H2;1-2,10H. The maximum Gasteiger partial charge on any atom is 0.346 e. The van der Waals surface area contributed by atoms with E-state index in [0.717, 1.165) is 6.07 Å². The number of halogens is 4. The van der Waals surface area contributed by atoms with Crippen LogP contribution in [-0.2, 0) is 4.74 Å². The van der Waals surface area contributed by atoms with Crippen LogP contribution in [-0.4, -0.2) is 34.3 Å². The van der Waals surface area contributed by atoms with Gasteiger partial charge in [0.25, 0.3) is 0 Å². The van der Waals surface area contributed by atoms with E-state index in [1.807, 2.05) is 0 Å². The van der Waals surface area contributed by atoms with Crippen molar-refractivity contribution < 1.29 is 42.0 Å². The van der Waals surface area contributed by atoms with Crippen LogP contribution in [0.2, 0.25) is 0 Å². The Balaban J connectivity index is 0.000000209. The Morgan fingerprint density at radius 2 is 1.50 bits per heavy atom. The molecule has 1 unspecified atom stereocenters. The zero-order chi connectivity index (χ0) is 21.0. The molecule has 2 aromatic rings. The Labute approximate surface area is 153 Å². The van der Waals surface area contributed by atoms with Crippen molar-refractivity contribution in [2.45, 2.75) is 6.10 Å². The van der Waals surface area contributed by atoms with Crippen LogP contribution in [0.3, 0.4) is 0 Å². The molecule has 2 aromatic carbocycles. The van der Waals surface area contributed by atoms with E-state index < -0.39 is 56.0 Å². The number of phenols is 1. The summed E-state index contributed by atoms with van der Waals surface area (Å²) in [6.07, 6.45) is -0.147. The van der Waals surface area contributed by atoms with Gasteiger partial charge in [-0.25, -0.2) is 8.78 Å². The zero-order valence-corrected chi connectivity index (χ0v) is 13.6. The zero-order valence-electron chi connectivity index (χ0n) is 13.6. The molecule has 13 heteroatoms. The SMILES string of the molecule is O=[N+]([O-])c1c(F)cc(F)cc1OCC1CO1.O=[N+]([O-])c1c(O)cc(F)cc1F. The van der Waals surface area contributed by atoms with Gasteiger partial charge in [0.2, 0.25) is 17.4 Å². The number of hydrogen-bond donors (Lipinski definition) is 1. The lowest BCUT2D eigenvalue weighted by atomic mass is 10.2. The molecule has 9 nitrogen and oxygen atoms in total. The molecule has 1 atom stereocenters. The number of epoxide rings is 1. The van der Waals surface area contributed by atoms with Gasteiger partial charge in [-0.15, -0.1) is 0 Å². The van der Waals surface area contributed by atoms with E-state index in [1.165, 1.54) is 0 Å². The Bertz CT molecular complexity index is 898. The predicted molar refractivity (Wildman–Crippen MR) is 82.9 cm³/mol. The average Bonchev–Trinajstić information content (AvgIpc) is 3.35. The summed E-state index contributed by atoms with van der Waals surface area (Å²) in [5.41, 5.74) is -1.97. The van der Waals surface area contributed by atoms with E-state index >= 15 is 0 Å². The van der Waals surface area contributed by atoms with Crippen LogP contribution in [0.4, 0.5) is 28.9 Å². The second kappa shape index (κ2) is 8.47. The lowest BCUT2D eigenvalue weighted by Crippen LogP contribution is -2.07. The van der Waals surface area contributed by atoms with Gasteiger partial charge in [0.1, 0.15) is 24.3 Å². The third-order valence-corrected chi connectivity index (χ3v) is 3.19. The van der Waals surface area contributed by atoms with Gasteiger partial charge in [-0.1, -0.05) is 0 Å². The maximum absolute atomic E-state index is 13.1. The minimum atomic E-state index is -1.39.